The Balaban J connectivity index is 2.14. The molecule has 2 aromatic rings. The zero-order valence-corrected chi connectivity index (χ0v) is 11.2. The summed E-state index contributed by atoms with van der Waals surface area (Å²) in [6.07, 6.45) is 2.96. The van der Waals surface area contributed by atoms with Gasteiger partial charge in [0.1, 0.15) is 4.90 Å². The van der Waals surface area contributed by atoms with Crippen LogP contribution in [-0.4, -0.2) is 36.1 Å². The first-order chi connectivity index (χ1) is 9.64. The summed E-state index contributed by atoms with van der Waals surface area (Å²) in [5, 5.41) is 18.4. The second-order valence-corrected chi connectivity index (χ2v) is 6.19. The van der Waals surface area contributed by atoms with Crippen LogP contribution in [0.3, 0.4) is 0 Å². The smallest absolute Gasteiger partial charge is 0.267 e. The molecule has 0 saturated carbocycles. The highest BCUT2D eigenvalue weighted by Crippen LogP contribution is 2.31. The lowest BCUT2D eigenvalue weighted by atomic mass is 10.0. The van der Waals surface area contributed by atoms with Crippen molar-refractivity contribution in [2.75, 3.05) is 10.8 Å². The largest absolute Gasteiger partial charge is 0.411 e. The van der Waals surface area contributed by atoms with Crippen LogP contribution in [0.25, 0.3) is 0 Å². The number of hydrogen-bond acceptors (Lipinski definition) is 5. The van der Waals surface area contributed by atoms with Crippen molar-refractivity contribution in [3.63, 3.8) is 0 Å². The molecular weight excluding hydrogens is 280 g/mol. The Labute approximate surface area is 115 Å². The number of sulfonamides is 1. The molecule has 1 aromatic heterocycles. The molecule has 0 amide bonds. The minimum atomic E-state index is -3.66. The van der Waals surface area contributed by atoms with Gasteiger partial charge in [0.2, 0.25) is 0 Å². The standard InChI is InChI=1S/C12H12N4O3S/c17-15-11-5-6-16(12-4-2-1-3-10(11)12)20(18,19)9-7-13-14-8-9/h1-4,7-8,17H,5-6H2,(H,13,14). The van der Waals surface area contributed by atoms with Crippen molar-refractivity contribution >= 4 is 21.4 Å². The van der Waals surface area contributed by atoms with Crippen molar-refractivity contribution in [1.29, 1.82) is 0 Å². The van der Waals surface area contributed by atoms with Gasteiger partial charge in [-0.05, 0) is 6.07 Å². The van der Waals surface area contributed by atoms with E-state index in [1.807, 2.05) is 0 Å². The molecule has 7 nitrogen and oxygen atoms in total. The molecule has 1 aromatic carbocycles. The topological polar surface area (TPSA) is 98.7 Å². The van der Waals surface area contributed by atoms with Crippen LogP contribution < -0.4 is 4.31 Å². The maximum atomic E-state index is 12.6. The number of H-pyrrole nitrogens is 1. The normalized spacial score (nSPS) is 17.2. The van der Waals surface area contributed by atoms with Gasteiger partial charge < -0.3 is 5.21 Å². The number of hydrogen-bond donors (Lipinski definition) is 2. The first-order valence-corrected chi connectivity index (χ1v) is 7.40. The predicted molar refractivity (Wildman–Crippen MR) is 72.5 cm³/mol. The molecular formula is C12H12N4O3S. The van der Waals surface area contributed by atoms with Gasteiger partial charge in [0.15, 0.2) is 0 Å². The van der Waals surface area contributed by atoms with Gasteiger partial charge in [-0.15, -0.1) is 0 Å². The third-order valence-corrected chi connectivity index (χ3v) is 5.00. The van der Waals surface area contributed by atoms with Crippen LogP contribution in [0.4, 0.5) is 5.69 Å². The van der Waals surface area contributed by atoms with Crippen molar-refractivity contribution in [3.05, 3.63) is 42.2 Å². The molecule has 2 heterocycles. The van der Waals surface area contributed by atoms with Gasteiger partial charge in [-0.2, -0.15) is 5.10 Å². The summed E-state index contributed by atoms with van der Waals surface area (Å²) in [4.78, 5) is 0.108. The summed E-state index contributed by atoms with van der Waals surface area (Å²) < 4.78 is 26.4. The van der Waals surface area contributed by atoms with Crippen molar-refractivity contribution in [2.45, 2.75) is 11.3 Å². The minimum absolute atomic E-state index is 0.108. The van der Waals surface area contributed by atoms with Crippen molar-refractivity contribution in [2.24, 2.45) is 5.16 Å². The molecule has 0 atom stereocenters. The number of aromatic amines is 1. The fourth-order valence-electron chi connectivity index (χ4n) is 2.26. The molecule has 0 spiro atoms. The van der Waals surface area contributed by atoms with E-state index in [-0.39, 0.29) is 11.4 Å². The van der Waals surface area contributed by atoms with Crippen LogP contribution >= 0.6 is 0 Å². The lowest BCUT2D eigenvalue weighted by molar-refractivity contribution is 0.318. The molecule has 0 bridgehead atoms. The SMILES string of the molecule is O=S(=O)(c1cn[nH]c1)N1CCC(=NO)c2ccccc21. The van der Waals surface area contributed by atoms with Gasteiger partial charge in [-0.3, -0.25) is 9.40 Å². The summed E-state index contributed by atoms with van der Waals surface area (Å²) in [6, 6.07) is 6.95. The zero-order chi connectivity index (χ0) is 14.2. The molecule has 0 aliphatic carbocycles. The number of rotatable bonds is 2. The Kier molecular flexibility index (Phi) is 2.94. The zero-order valence-electron chi connectivity index (χ0n) is 10.4. The van der Waals surface area contributed by atoms with Crippen molar-refractivity contribution < 1.29 is 13.6 Å². The minimum Gasteiger partial charge on any atom is -0.411 e. The molecule has 0 saturated heterocycles. The van der Waals surface area contributed by atoms with E-state index >= 15 is 0 Å². The van der Waals surface area contributed by atoms with Crippen molar-refractivity contribution in [3.8, 4) is 0 Å². The quantitative estimate of drug-likeness (QED) is 0.641. The summed E-state index contributed by atoms with van der Waals surface area (Å²) in [5.41, 5.74) is 1.61. The number of anilines is 1. The molecule has 1 aliphatic rings. The number of para-hydroxylation sites is 1. The molecule has 0 unspecified atom stereocenters. The lowest BCUT2D eigenvalue weighted by Gasteiger charge is -2.30. The van der Waals surface area contributed by atoms with E-state index in [1.165, 1.54) is 16.7 Å². The van der Waals surface area contributed by atoms with Crippen LogP contribution in [0.1, 0.15) is 12.0 Å². The number of nitrogens with zero attached hydrogens (tertiary/aromatic N) is 3. The summed E-state index contributed by atoms with van der Waals surface area (Å²) in [6.45, 7) is 0.226. The third-order valence-electron chi connectivity index (χ3n) is 3.22. The summed E-state index contributed by atoms with van der Waals surface area (Å²) in [5.74, 6) is 0. The van der Waals surface area contributed by atoms with E-state index in [4.69, 9.17) is 5.21 Å². The highest BCUT2D eigenvalue weighted by atomic mass is 32.2. The first-order valence-electron chi connectivity index (χ1n) is 5.96. The van der Waals surface area contributed by atoms with Crippen LogP contribution in [0.2, 0.25) is 0 Å². The Morgan fingerprint density at radius 2 is 2.15 bits per heavy atom. The van der Waals surface area contributed by atoms with Crippen molar-refractivity contribution in [1.82, 2.24) is 10.2 Å². The van der Waals surface area contributed by atoms with E-state index in [1.54, 1.807) is 24.3 Å². The average molecular weight is 292 g/mol. The van der Waals surface area contributed by atoms with E-state index in [0.717, 1.165) is 0 Å². The van der Waals surface area contributed by atoms with E-state index < -0.39 is 10.0 Å². The fourth-order valence-corrected chi connectivity index (χ4v) is 3.65. The predicted octanol–water partition coefficient (Wildman–Crippen LogP) is 1.19. The van der Waals surface area contributed by atoms with E-state index in [9.17, 15) is 8.42 Å². The van der Waals surface area contributed by atoms with Gasteiger partial charge in [0.25, 0.3) is 10.0 Å². The second kappa shape index (κ2) is 4.64. The average Bonchev–Trinajstić information content (AvgIpc) is 3.01. The van der Waals surface area contributed by atoms with E-state index in [0.29, 0.717) is 23.4 Å². The molecule has 104 valence electrons. The Morgan fingerprint density at radius 3 is 2.85 bits per heavy atom. The molecule has 2 N–H and O–H groups in total. The first kappa shape index (κ1) is 12.7. The van der Waals surface area contributed by atoms with Gasteiger partial charge in [-0.1, -0.05) is 23.4 Å². The van der Waals surface area contributed by atoms with Gasteiger partial charge in [0, 0.05) is 24.7 Å². The molecule has 0 fully saturated rings. The van der Waals surface area contributed by atoms with Crippen LogP contribution in [-0.2, 0) is 10.0 Å². The number of aromatic nitrogens is 2. The summed E-state index contributed by atoms with van der Waals surface area (Å²) in [7, 11) is -3.66. The monoisotopic (exact) mass is 292 g/mol. The number of benzene rings is 1. The number of nitrogens with one attached hydrogen (secondary N) is 1. The molecule has 1 aliphatic heterocycles. The van der Waals surface area contributed by atoms with Crippen LogP contribution in [0, 0.1) is 0 Å². The van der Waals surface area contributed by atoms with Gasteiger partial charge in [-0.25, -0.2) is 8.42 Å². The Morgan fingerprint density at radius 1 is 1.35 bits per heavy atom. The fraction of sp³-hybridized carbons (Fsp3) is 0.167. The molecule has 0 radical (unpaired) electrons. The van der Waals surface area contributed by atoms with E-state index in [2.05, 4.69) is 15.4 Å². The second-order valence-electron chi connectivity index (χ2n) is 4.33. The molecule has 20 heavy (non-hydrogen) atoms. The van der Waals surface area contributed by atoms with Crippen LogP contribution in [0.5, 0.6) is 0 Å². The highest BCUT2D eigenvalue weighted by Gasteiger charge is 2.31. The van der Waals surface area contributed by atoms with Gasteiger partial charge in [0.05, 0.1) is 17.6 Å². The number of oxime groups is 1. The summed E-state index contributed by atoms with van der Waals surface area (Å²) >= 11 is 0. The Hall–Kier alpha value is -2.35. The maximum absolute atomic E-state index is 12.6. The molecule has 8 heteroatoms. The third kappa shape index (κ3) is 1.85. The molecule has 3 rings (SSSR count). The maximum Gasteiger partial charge on any atom is 0.267 e. The van der Waals surface area contributed by atoms with Crippen LogP contribution in [0.15, 0.2) is 46.7 Å². The lowest BCUT2D eigenvalue weighted by Crippen LogP contribution is -2.37. The Bertz CT molecular complexity index is 753. The number of fused-ring (bicyclic) bond motifs is 1. The highest BCUT2D eigenvalue weighted by molar-refractivity contribution is 7.92. The van der Waals surface area contributed by atoms with Gasteiger partial charge >= 0.3 is 0 Å².